The van der Waals surface area contributed by atoms with Crippen molar-refractivity contribution in [2.45, 2.75) is 13.8 Å². The van der Waals surface area contributed by atoms with Gasteiger partial charge in [-0.1, -0.05) is 45.5 Å². The van der Waals surface area contributed by atoms with E-state index in [2.05, 4.69) is 41.4 Å². The zero-order chi connectivity index (χ0) is 22.0. The SMILES string of the molecule is Cc1cc(C)nc(Nc2cccc(C(=O)N(C)c3nnc(-c4ccc(Br)cc4)s3)c2)n1. The zero-order valence-electron chi connectivity index (χ0n) is 17.1. The fraction of sp³-hybridized carbons (Fsp3) is 0.136. The van der Waals surface area contributed by atoms with E-state index in [0.29, 0.717) is 16.6 Å². The summed E-state index contributed by atoms with van der Waals surface area (Å²) in [7, 11) is 1.70. The van der Waals surface area contributed by atoms with Crippen LogP contribution in [0.15, 0.2) is 59.1 Å². The van der Waals surface area contributed by atoms with Gasteiger partial charge in [-0.25, -0.2) is 9.97 Å². The van der Waals surface area contributed by atoms with E-state index < -0.39 is 0 Å². The van der Waals surface area contributed by atoms with Crippen molar-refractivity contribution in [1.29, 1.82) is 0 Å². The number of halogens is 1. The maximum atomic E-state index is 13.0. The van der Waals surface area contributed by atoms with E-state index in [4.69, 9.17) is 0 Å². The Morgan fingerprint density at radius 2 is 1.71 bits per heavy atom. The van der Waals surface area contributed by atoms with Crippen LogP contribution in [0.3, 0.4) is 0 Å². The molecule has 1 amide bonds. The van der Waals surface area contributed by atoms with Gasteiger partial charge in [0.1, 0.15) is 5.01 Å². The molecule has 0 aliphatic rings. The monoisotopic (exact) mass is 494 g/mol. The molecule has 7 nitrogen and oxygen atoms in total. The van der Waals surface area contributed by atoms with E-state index in [1.807, 2.05) is 56.3 Å². The van der Waals surface area contributed by atoms with Gasteiger partial charge < -0.3 is 5.32 Å². The number of hydrogen-bond acceptors (Lipinski definition) is 7. The van der Waals surface area contributed by atoms with Crippen molar-refractivity contribution in [1.82, 2.24) is 20.2 Å². The summed E-state index contributed by atoms with van der Waals surface area (Å²) < 4.78 is 0.994. The summed E-state index contributed by atoms with van der Waals surface area (Å²) in [6, 6.07) is 16.9. The fourth-order valence-electron chi connectivity index (χ4n) is 2.98. The number of carbonyl (C=O) groups excluding carboxylic acids is 1. The van der Waals surface area contributed by atoms with E-state index in [9.17, 15) is 4.79 Å². The summed E-state index contributed by atoms with van der Waals surface area (Å²) >= 11 is 4.79. The molecule has 31 heavy (non-hydrogen) atoms. The van der Waals surface area contributed by atoms with Crippen molar-refractivity contribution in [3.05, 3.63) is 76.0 Å². The van der Waals surface area contributed by atoms with E-state index >= 15 is 0 Å². The van der Waals surface area contributed by atoms with Crippen LogP contribution in [0.25, 0.3) is 10.6 Å². The van der Waals surface area contributed by atoms with Crippen LogP contribution in [0.1, 0.15) is 21.7 Å². The van der Waals surface area contributed by atoms with Crippen LogP contribution >= 0.6 is 27.3 Å². The Balaban J connectivity index is 1.53. The van der Waals surface area contributed by atoms with Gasteiger partial charge in [-0.3, -0.25) is 9.69 Å². The van der Waals surface area contributed by atoms with Gasteiger partial charge in [0.2, 0.25) is 11.1 Å². The van der Waals surface area contributed by atoms with Crippen molar-refractivity contribution >= 4 is 49.9 Å². The van der Waals surface area contributed by atoms with Crippen LogP contribution in [0, 0.1) is 13.8 Å². The van der Waals surface area contributed by atoms with Crippen molar-refractivity contribution in [3.8, 4) is 10.6 Å². The molecular formula is C22H19BrN6OS. The number of rotatable bonds is 5. The first-order valence-electron chi connectivity index (χ1n) is 9.46. The molecule has 0 fully saturated rings. The number of aromatic nitrogens is 4. The number of aryl methyl sites for hydroxylation is 2. The van der Waals surface area contributed by atoms with E-state index in [0.717, 1.165) is 32.1 Å². The molecule has 0 unspecified atom stereocenters. The third-order valence-electron chi connectivity index (χ3n) is 4.45. The molecule has 156 valence electrons. The Morgan fingerprint density at radius 1 is 1.00 bits per heavy atom. The summed E-state index contributed by atoms with van der Waals surface area (Å²) in [5, 5.41) is 12.9. The first-order chi connectivity index (χ1) is 14.9. The van der Waals surface area contributed by atoms with Crippen molar-refractivity contribution < 1.29 is 4.79 Å². The molecule has 0 atom stereocenters. The smallest absolute Gasteiger partial charge is 0.259 e. The Labute approximate surface area is 192 Å². The molecule has 2 aromatic carbocycles. The van der Waals surface area contributed by atoms with Gasteiger partial charge >= 0.3 is 0 Å². The average molecular weight is 495 g/mol. The minimum Gasteiger partial charge on any atom is -0.324 e. The van der Waals surface area contributed by atoms with Gasteiger partial charge in [-0.15, -0.1) is 10.2 Å². The second-order valence-electron chi connectivity index (χ2n) is 6.94. The van der Waals surface area contributed by atoms with Gasteiger partial charge in [0.25, 0.3) is 5.91 Å². The Hall–Kier alpha value is -3.17. The van der Waals surface area contributed by atoms with Crippen LogP contribution in [-0.4, -0.2) is 33.1 Å². The number of anilines is 3. The second-order valence-corrected chi connectivity index (χ2v) is 8.81. The third-order valence-corrected chi connectivity index (χ3v) is 6.02. The fourth-order valence-corrected chi connectivity index (χ4v) is 4.06. The first kappa shape index (κ1) is 21.1. The lowest BCUT2D eigenvalue weighted by Gasteiger charge is -2.14. The molecule has 4 aromatic rings. The number of hydrogen-bond donors (Lipinski definition) is 1. The molecule has 0 bridgehead atoms. The highest BCUT2D eigenvalue weighted by molar-refractivity contribution is 9.10. The molecule has 4 rings (SSSR count). The van der Waals surface area contributed by atoms with E-state index in [-0.39, 0.29) is 5.91 Å². The molecule has 9 heteroatoms. The van der Waals surface area contributed by atoms with Gasteiger partial charge in [-0.05, 0) is 50.2 Å². The predicted octanol–water partition coefficient (Wildman–Crippen LogP) is 5.39. The van der Waals surface area contributed by atoms with Crippen molar-refractivity contribution in [2.24, 2.45) is 0 Å². The Kier molecular flexibility index (Phi) is 6.06. The largest absolute Gasteiger partial charge is 0.324 e. The summed E-state index contributed by atoms with van der Waals surface area (Å²) in [4.78, 5) is 23.3. The van der Waals surface area contributed by atoms with Crippen LogP contribution in [-0.2, 0) is 0 Å². The number of carbonyl (C=O) groups is 1. The average Bonchev–Trinajstić information content (AvgIpc) is 3.23. The van der Waals surface area contributed by atoms with Gasteiger partial charge in [0.05, 0.1) is 0 Å². The van der Waals surface area contributed by atoms with Gasteiger partial charge in [-0.2, -0.15) is 0 Å². The summed E-state index contributed by atoms with van der Waals surface area (Å²) in [6.45, 7) is 3.83. The molecule has 2 aromatic heterocycles. The zero-order valence-corrected chi connectivity index (χ0v) is 19.5. The molecule has 0 aliphatic carbocycles. The normalized spacial score (nSPS) is 10.7. The van der Waals surface area contributed by atoms with Gasteiger partial charge in [0, 0.05) is 39.7 Å². The Morgan fingerprint density at radius 3 is 2.42 bits per heavy atom. The Bertz CT molecular complexity index is 1220. The van der Waals surface area contributed by atoms with Gasteiger partial charge in [0.15, 0.2) is 0 Å². The van der Waals surface area contributed by atoms with Crippen LogP contribution in [0.5, 0.6) is 0 Å². The molecule has 0 aliphatic heterocycles. The molecular weight excluding hydrogens is 476 g/mol. The van der Waals surface area contributed by atoms with Crippen LogP contribution < -0.4 is 10.2 Å². The lowest BCUT2D eigenvalue weighted by molar-refractivity contribution is 0.0993. The highest BCUT2D eigenvalue weighted by Crippen LogP contribution is 2.30. The second kappa shape index (κ2) is 8.91. The van der Waals surface area contributed by atoms with Crippen LogP contribution in [0.2, 0.25) is 0 Å². The molecule has 0 spiro atoms. The maximum Gasteiger partial charge on any atom is 0.259 e. The lowest BCUT2D eigenvalue weighted by Crippen LogP contribution is -2.26. The number of benzene rings is 2. The van der Waals surface area contributed by atoms with Crippen molar-refractivity contribution in [2.75, 3.05) is 17.3 Å². The minimum atomic E-state index is -0.177. The highest BCUT2D eigenvalue weighted by Gasteiger charge is 2.18. The standard InChI is InChI=1S/C22H19BrN6OS/c1-13-11-14(2)25-21(24-13)26-18-6-4-5-16(12-18)20(30)29(3)22-28-27-19(31-22)15-7-9-17(23)10-8-15/h4-12H,1-3H3,(H,24,25,26). The molecule has 0 radical (unpaired) electrons. The van der Waals surface area contributed by atoms with E-state index in [1.165, 1.54) is 16.2 Å². The molecule has 2 heterocycles. The summed E-state index contributed by atoms with van der Waals surface area (Å²) in [6.07, 6.45) is 0. The molecule has 1 N–H and O–H groups in total. The van der Waals surface area contributed by atoms with Crippen LogP contribution in [0.4, 0.5) is 16.8 Å². The summed E-state index contributed by atoms with van der Waals surface area (Å²) in [5.41, 5.74) is 3.96. The lowest BCUT2D eigenvalue weighted by atomic mass is 10.2. The highest BCUT2D eigenvalue weighted by atomic mass is 79.9. The topological polar surface area (TPSA) is 83.9 Å². The quantitative estimate of drug-likeness (QED) is 0.400. The molecule has 0 saturated heterocycles. The van der Waals surface area contributed by atoms with E-state index in [1.54, 1.807) is 19.2 Å². The third kappa shape index (κ3) is 4.95. The number of amides is 1. The first-order valence-corrected chi connectivity index (χ1v) is 11.1. The number of nitrogens with zero attached hydrogens (tertiary/aromatic N) is 5. The maximum absolute atomic E-state index is 13.0. The number of nitrogens with one attached hydrogen (secondary N) is 1. The molecule has 0 saturated carbocycles. The minimum absolute atomic E-state index is 0.177. The van der Waals surface area contributed by atoms with Crippen molar-refractivity contribution in [3.63, 3.8) is 0 Å². The predicted molar refractivity (Wildman–Crippen MR) is 127 cm³/mol. The summed E-state index contributed by atoms with van der Waals surface area (Å²) in [5.74, 6) is 0.321.